The van der Waals surface area contributed by atoms with Crippen molar-refractivity contribution in [3.8, 4) is 11.8 Å². The fourth-order valence-corrected chi connectivity index (χ4v) is 2.57. The van der Waals surface area contributed by atoms with Crippen molar-refractivity contribution in [1.82, 2.24) is 0 Å². The molecule has 1 amide bonds. The third-order valence-corrected chi connectivity index (χ3v) is 4.49. The Morgan fingerprint density at radius 3 is 2.24 bits per heavy atom. The molecule has 130 valence electrons. The Morgan fingerprint density at radius 2 is 1.72 bits per heavy atom. The lowest BCUT2D eigenvalue weighted by Crippen LogP contribution is -2.14. The Labute approximate surface area is 142 Å². The number of nitriles is 1. The molecule has 2 aromatic carbocycles. The van der Waals surface area contributed by atoms with Crippen LogP contribution in [-0.4, -0.2) is 26.7 Å². The molecular weight excluding hydrogens is 354 g/mol. The SMILES string of the molecule is N#CCOc1ccc(NC(=O)c2ccc(S(=O)(=O)C(F)F)cc2)cc1. The van der Waals surface area contributed by atoms with Gasteiger partial charge in [-0.15, -0.1) is 0 Å². The van der Waals surface area contributed by atoms with Gasteiger partial charge < -0.3 is 10.1 Å². The number of nitrogens with zero attached hydrogens (tertiary/aromatic N) is 1. The number of nitrogens with one attached hydrogen (secondary N) is 1. The van der Waals surface area contributed by atoms with E-state index in [0.29, 0.717) is 11.4 Å². The van der Waals surface area contributed by atoms with Crippen molar-refractivity contribution in [2.24, 2.45) is 0 Å². The van der Waals surface area contributed by atoms with E-state index in [0.717, 1.165) is 24.3 Å². The average Bonchev–Trinajstić information content (AvgIpc) is 2.61. The largest absolute Gasteiger partial charge is 0.479 e. The Balaban J connectivity index is 2.07. The number of hydrogen-bond acceptors (Lipinski definition) is 5. The summed E-state index contributed by atoms with van der Waals surface area (Å²) in [7, 11) is -4.69. The third-order valence-electron chi connectivity index (χ3n) is 3.10. The zero-order valence-corrected chi connectivity index (χ0v) is 13.5. The van der Waals surface area contributed by atoms with E-state index in [1.165, 1.54) is 0 Å². The normalized spacial score (nSPS) is 11.0. The fraction of sp³-hybridized carbons (Fsp3) is 0.125. The van der Waals surface area contributed by atoms with Gasteiger partial charge in [0.05, 0.1) is 4.90 Å². The van der Waals surface area contributed by atoms with Crippen molar-refractivity contribution < 1.29 is 26.7 Å². The second kappa shape index (κ2) is 7.72. The molecule has 0 aliphatic heterocycles. The van der Waals surface area contributed by atoms with Crippen LogP contribution in [0.4, 0.5) is 14.5 Å². The van der Waals surface area contributed by atoms with Crippen molar-refractivity contribution in [3.05, 3.63) is 54.1 Å². The average molecular weight is 366 g/mol. The molecule has 0 fully saturated rings. The van der Waals surface area contributed by atoms with Gasteiger partial charge >= 0.3 is 5.76 Å². The van der Waals surface area contributed by atoms with Gasteiger partial charge in [0.15, 0.2) is 6.61 Å². The first-order valence-corrected chi connectivity index (χ1v) is 8.42. The highest BCUT2D eigenvalue weighted by Crippen LogP contribution is 2.20. The molecule has 0 unspecified atom stereocenters. The Kier molecular flexibility index (Phi) is 5.67. The molecule has 9 heteroatoms. The van der Waals surface area contributed by atoms with Crippen LogP contribution in [0.5, 0.6) is 5.75 Å². The van der Waals surface area contributed by atoms with Gasteiger partial charge in [-0.2, -0.15) is 14.0 Å². The highest BCUT2D eigenvalue weighted by atomic mass is 32.2. The number of hydrogen-bond donors (Lipinski definition) is 1. The van der Waals surface area contributed by atoms with E-state index in [2.05, 4.69) is 5.32 Å². The molecule has 0 heterocycles. The summed E-state index contributed by atoms with van der Waals surface area (Å²) in [6, 6.07) is 12.3. The molecule has 0 aliphatic carbocycles. The third kappa shape index (κ3) is 4.51. The molecule has 0 radical (unpaired) electrons. The summed E-state index contributed by atoms with van der Waals surface area (Å²) in [4.78, 5) is 11.5. The zero-order chi connectivity index (χ0) is 18.4. The molecule has 0 saturated heterocycles. The Bertz CT molecular complexity index is 889. The monoisotopic (exact) mass is 366 g/mol. The fourth-order valence-electron chi connectivity index (χ4n) is 1.85. The van der Waals surface area contributed by atoms with E-state index in [1.54, 1.807) is 24.3 Å². The highest BCUT2D eigenvalue weighted by molar-refractivity contribution is 7.91. The summed E-state index contributed by atoms with van der Waals surface area (Å²) >= 11 is 0. The number of halogens is 2. The van der Waals surface area contributed by atoms with E-state index in [-0.39, 0.29) is 12.2 Å². The van der Waals surface area contributed by atoms with E-state index < -0.39 is 26.4 Å². The maximum absolute atomic E-state index is 12.5. The summed E-state index contributed by atoms with van der Waals surface area (Å²) in [5, 5.41) is 11.0. The van der Waals surface area contributed by atoms with Crippen LogP contribution in [0.3, 0.4) is 0 Å². The molecule has 0 atom stereocenters. The van der Waals surface area contributed by atoms with Gasteiger partial charge in [-0.25, -0.2) is 8.42 Å². The minimum atomic E-state index is -4.69. The number of benzene rings is 2. The maximum Gasteiger partial charge on any atom is 0.341 e. The molecule has 6 nitrogen and oxygen atoms in total. The summed E-state index contributed by atoms with van der Waals surface area (Å²) in [6.07, 6.45) is 0. The second-order valence-corrected chi connectivity index (χ2v) is 6.67. The summed E-state index contributed by atoms with van der Waals surface area (Å²) in [6.45, 7) is -0.0976. The predicted octanol–water partition coefficient (Wildman–Crippen LogP) is 2.84. The summed E-state index contributed by atoms with van der Waals surface area (Å²) in [5.74, 6) is -3.60. The molecule has 0 bridgehead atoms. The first kappa shape index (κ1) is 18.4. The van der Waals surface area contributed by atoms with Gasteiger partial charge in [0, 0.05) is 11.3 Å². The number of carbonyl (C=O) groups is 1. The number of anilines is 1. The van der Waals surface area contributed by atoms with Crippen molar-refractivity contribution >= 4 is 21.4 Å². The molecule has 0 aliphatic rings. The molecule has 0 aromatic heterocycles. The molecule has 25 heavy (non-hydrogen) atoms. The van der Waals surface area contributed by atoms with E-state index >= 15 is 0 Å². The molecule has 0 spiro atoms. The number of carbonyl (C=O) groups excluding carboxylic acids is 1. The van der Waals surface area contributed by atoms with Gasteiger partial charge in [0.2, 0.25) is 9.84 Å². The number of sulfone groups is 1. The molecular formula is C16H12F2N2O4S. The van der Waals surface area contributed by atoms with Crippen molar-refractivity contribution in [1.29, 1.82) is 5.26 Å². The van der Waals surface area contributed by atoms with Crippen molar-refractivity contribution in [3.63, 3.8) is 0 Å². The Morgan fingerprint density at radius 1 is 1.12 bits per heavy atom. The maximum atomic E-state index is 12.5. The van der Waals surface area contributed by atoms with E-state index in [4.69, 9.17) is 10.00 Å². The highest BCUT2D eigenvalue weighted by Gasteiger charge is 2.26. The number of rotatable bonds is 6. The summed E-state index contributed by atoms with van der Waals surface area (Å²) in [5.41, 5.74) is 0.552. The zero-order valence-electron chi connectivity index (χ0n) is 12.6. The minimum Gasteiger partial charge on any atom is -0.479 e. The van der Waals surface area contributed by atoms with E-state index in [9.17, 15) is 22.0 Å². The number of alkyl halides is 2. The van der Waals surface area contributed by atoms with Gasteiger partial charge in [-0.05, 0) is 48.5 Å². The quantitative estimate of drug-likeness (QED) is 0.848. The van der Waals surface area contributed by atoms with Crippen LogP contribution in [0.1, 0.15) is 10.4 Å². The van der Waals surface area contributed by atoms with Crippen LogP contribution in [0.15, 0.2) is 53.4 Å². The van der Waals surface area contributed by atoms with Crippen LogP contribution in [0.2, 0.25) is 0 Å². The molecule has 0 saturated carbocycles. The lowest BCUT2D eigenvalue weighted by molar-refractivity contribution is 0.102. The van der Waals surface area contributed by atoms with Crippen LogP contribution >= 0.6 is 0 Å². The van der Waals surface area contributed by atoms with Crippen LogP contribution in [0.25, 0.3) is 0 Å². The minimum absolute atomic E-state index is 0.0976. The topological polar surface area (TPSA) is 96.3 Å². The van der Waals surface area contributed by atoms with Gasteiger partial charge in [0.25, 0.3) is 5.91 Å². The van der Waals surface area contributed by atoms with E-state index in [1.807, 2.05) is 6.07 Å². The number of amides is 1. The number of ether oxygens (including phenoxy) is 1. The van der Waals surface area contributed by atoms with Crippen LogP contribution in [-0.2, 0) is 9.84 Å². The second-order valence-electron chi connectivity index (χ2n) is 4.76. The standard InChI is InChI=1S/C16H12F2N2O4S/c17-16(18)25(22,23)14-7-1-11(2-8-14)15(21)20-12-3-5-13(6-4-12)24-10-9-19/h1-8,16H,10H2,(H,20,21). The molecule has 2 aromatic rings. The Hall–Kier alpha value is -2.99. The van der Waals surface area contributed by atoms with Gasteiger partial charge in [-0.3, -0.25) is 4.79 Å². The van der Waals surface area contributed by atoms with Crippen LogP contribution < -0.4 is 10.1 Å². The lowest BCUT2D eigenvalue weighted by Gasteiger charge is -2.08. The predicted molar refractivity (Wildman–Crippen MR) is 85.1 cm³/mol. The van der Waals surface area contributed by atoms with Crippen LogP contribution in [0, 0.1) is 11.3 Å². The van der Waals surface area contributed by atoms with Gasteiger partial charge in [-0.1, -0.05) is 0 Å². The van der Waals surface area contributed by atoms with Crippen molar-refractivity contribution in [2.45, 2.75) is 10.7 Å². The molecule has 2 rings (SSSR count). The van der Waals surface area contributed by atoms with Gasteiger partial charge in [0.1, 0.15) is 11.8 Å². The molecule has 1 N–H and O–H groups in total. The summed E-state index contributed by atoms with van der Waals surface area (Å²) < 4.78 is 52.6. The lowest BCUT2D eigenvalue weighted by atomic mass is 10.2. The first-order chi connectivity index (χ1) is 11.8. The smallest absolute Gasteiger partial charge is 0.341 e. The first-order valence-electron chi connectivity index (χ1n) is 6.88. The van der Waals surface area contributed by atoms with Crippen molar-refractivity contribution in [2.75, 3.05) is 11.9 Å².